The first-order chi connectivity index (χ1) is 18.4. The highest BCUT2D eigenvalue weighted by molar-refractivity contribution is 7.86. The zero-order valence-corrected chi connectivity index (χ0v) is 21.4. The van der Waals surface area contributed by atoms with Crippen molar-refractivity contribution in [2.24, 2.45) is 0 Å². The molecule has 38 heavy (non-hydrogen) atoms. The molecule has 0 spiro atoms. The smallest absolute Gasteiger partial charge is 0.356 e. The third kappa shape index (κ3) is 5.10. The fourth-order valence-electron chi connectivity index (χ4n) is 4.58. The van der Waals surface area contributed by atoms with Crippen LogP contribution in [0, 0.1) is 0 Å². The molecular formula is C29H26N2O6S. The Kier molecular flexibility index (Phi) is 7.37. The molecule has 3 aromatic rings. The van der Waals surface area contributed by atoms with E-state index in [1.165, 1.54) is 4.90 Å². The van der Waals surface area contributed by atoms with Crippen molar-refractivity contribution < 1.29 is 28.1 Å². The third-order valence-corrected chi connectivity index (χ3v) is 8.11. The van der Waals surface area contributed by atoms with Crippen molar-refractivity contribution in [3.8, 4) is 5.75 Å². The Morgan fingerprint density at radius 1 is 0.947 bits per heavy atom. The summed E-state index contributed by atoms with van der Waals surface area (Å²) in [5.74, 6) is -1.12. The average Bonchev–Trinajstić information content (AvgIpc) is 2.94. The monoisotopic (exact) mass is 530 g/mol. The molecule has 8 nitrogen and oxygen atoms in total. The molecule has 1 saturated heterocycles. The number of hydrogen-bond donors (Lipinski definition) is 1. The van der Waals surface area contributed by atoms with Crippen LogP contribution >= 0.6 is 0 Å². The van der Waals surface area contributed by atoms with E-state index in [1.54, 1.807) is 31.2 Å². The van der Waals surface area contributed by atoms with E-state index in [9.17, 15) is 18.6 Å². The summed E-state index contributed by atoms with van der Waals surface area (Å²) in [7, 11) is -1.50. The van der Waals surface area contributed by atoms with Gasteiger partial charge in [-0.2, -0.15) is 0 Å². The highest BCUT2D eigenvalue weighted by Crippen LogP contribution is 2.37. The number of benzene rings is 3. The number of para-hydroxylation sites is 1. The molecule has 2 unspecified atom stereocenters. The molecule has 0 bridgehead atoms. The highest BCUT2D eigenvalue weighted by atomic mass is 32.2. The van der Waals surface area contributed by atoms with Gasteiger partial charge in [0.25, 0.3) is 11.8 Å². The maximum Gasteiger partial charge on any atom is 0.356 e. The molecule has 2 aliphatic rings. The van der Waals surface area contributed by atoms with Crippen LogP contribution in [-0.4, -0.2) is 50.7 Å². The zero-order valence-electron chi connectivity index (χ0n) is 20.6. The molecule has 1 N–H and O–H groups in total. The van der Waals surface area contributed by atoms with Gasteiger partial charge in [-0.3, -0.25) is 18.7 Å². The first-order valence-corrected chi connectivity index (χ1v) is 13.5. The van der Waals surface area contributed by atoms with Crippen LogP contribution in [0.1, 0.15) is 24.2 Å². The van der Waals surface area contributed by atoms with Crippen molar-refractivity contribution >= 4 is 28.6 Å². The summed E-state index contributed by atoms with van der Waals surface area (Å²) in [6.07, 6.45) is -0.696. The number of nitrogens with one attached hydrogen (secondary N) is 1. The van der Waals surface area contributed by atoms with Gasteiger partial charge in [-0.05, 0) is 35.8 Å². The second kappa shape index (κ2) is 11.0. The highest BCUT2D eigenvalue weighted by Gasteiger charge is 2.57. The number of esters is 1. The summed E-state index contributed by atoms with van der Waals surface area (Å²) in [6.45, 7) is 1.37. The Labute approximate surface area is 222 Å². The summed E-state index contributed by atoms with van der Waals surface area (Å²) in [6, 6.07) is 26.4. The van der Waals surface area contributed by atoms with E-state index in [0.29, 0.717) is 11.3 Å². The van der Waals surface area contributed by atoms with Crippen LogP contribution in [0.15, 0.2) is 102 Å². The summed E-state index contributed by atoms with van der Waals surface area (Å²) in [4.78, 5) is 40.3. The Morgan fingerprint density at radius 2 is 1.50 bits per heavy atom. The molecule has 0 aliphatic carbocycles. The average molecular weight is 531 g/mol. The van der Waals surface area contributed by atoms with Crippen LogP contribution in [-0.2, 0) is 29.9 Å². The number of ether oxygens (including phenoxy) is 2. The third-order valence-electron chi connectivity index (χ3n) is 6.37. The lowest BCUT2D eigenvalue weighted by Gasteiger charge is -2.49. The topological polar surface area (TPSA) is 102 Å². The number of carbonyl (C=O) groups is 3. The summed E-state index contributed by atoms with van der Waals surface area (Å²) in [5.41, 5.74) is 2.12. The van der Waals surface area contributed by atoms with E-state index in [0.717, 1.165) is 11.1 Å². The van der Waals surface area contributed by atoms with Crippen molar-refractivity contribution in [3.05, 3.63) is 113 Å². The minimum absolute atomic E-state index is 0.0718. The van der Waals surface area contributed by atoms with Gasteiger partial charge in [0, 0.05) is 5.75 Å². The standard InChI is InChI=1S/C29H26N2O6S/c1-19-18-38(35)28-24(30-23(32)17-36-22-15-9-4-10-16-22)27(33)31(28)25(19)29(34)37-26(20-11-5-2-6-12-20)21-13-7-3-8-14-21/h2-16,24,26,28H,17-18H2,1H3,(H,30,32)/t24?,28-,38?/m0/s1. The van der Waals surface area contributed by atoms with Crippen molar-refractivity contribution in [1.29, 1.82) is 0 Å². The van der Waals surface area contributed by atoms with Crippen molar-refractivity contribution in [1.82, 2.24) is 10.2 Å². The maximum absolute atomic E-state index is 13.5. The number of rotatable bonds is 8. The number of nitrogens with zero attached hydrogens (tertiary/aromatic N) is 1. The van der Waals surface area contributed by atoms with Gasteiger partial charge in [-0.25, -0.2) is 4.79 Å². The Hall–Kier alpha value is -4.24. The minimum atomic E-state index is -1.50. The summed E-state index contributed by atoms with van der Waals surface area (Å²) < 4.78 is 24.4. The van der Waals surface area contributed by atoms with Gasteiger partial charge in [0.05, 0.1) is 10.8 Å². The summed E-state index contributed by atoms with van der Waals surface area (Å²) >= 11 is 0. The SMILES string of the molecule is CC1=C(C(=O)OC(c2ccccc2)c2ccccc2)N2C(=O)C(NC(=O)COc3ccccc3)[C@@H]2S(=O)C1. The molecule has 2 heterocycles. The lowest BCUT2D eigenvalue weighted by Crippen LogP contribution is -2.73. The largest absolute Gasteiger partial charge is 0.484 e. The van der Waals surface area contributed by atoms with Gasteiger partial charge in [0.1, 0.15) is 22.9 Å². The van der Waals surface area contributed by atoms with E-state index < -0.39 is 46.1 Å². The number of β-lactam (4-membered cyclic amide) rings is 1. The normalized spacial score (nSPS) is 20.4. The molecule has 1 fully saturated rings. The Bertz CT molecular complexity index is 1350. The number of fused-ring (bicyclic) bond motifs is 1. The lowest BCUT2D eigenvalue weighted by molar-refractivity contribution is -0.155. The second-order valence-electron chi connectivity index (χ2n) is 9.01. The fourth-order valence-corrected chi connectivity index (χ4v) is 6.24. The molecule has 3 atom stereocenters. The van der Waals surface area contributed by atoms with Crippen LogP contribution in [0.5, 0.6) is 5.75 Å². The molecule has 5 rings (SSSR count). The Balaban J connectivity index is 1.32. The van der Waals surface area contributed by atoms with Crippen molar-refractivity contribution in [2.75, 3.05) is 12.4 Å². The van der Waals surface area contributed by atoms with E-state index in [4.69, 9.17) is 9.47 Å². The molecule has 2 amide bonds. The number of carbonyl (C=O) groups excluding carboxylic acids is 3. The van der Waals surface area contributed by atoms with Crippen LogP contribution in [0.3, 0.4) is 0 Å². The van der Waals surface area contributed by atoms with Crippen LogP contribution in [0.25, 0.3) is 0 Å². The second-order valence-corrected chi connectivity index (χ2v) is 10.5. The lowest BCUT2D eigenvalue weighted by atomic mass is 10.0. The number of amides is 2. The first-order valence-electron chi connectivity index (χ1n) is 12.1. The van der Waals surface area contributed by atoms with Crippen LogP contribution < -0.4 is 10.1 Å². The minimum Gasteiger partial charge on any atom is -0.484 e. The van der Waals surface area contributed by atoms with E-state index in [1.807, 2.05) is 66.7 Å². The van der Waals surface area contributed by atoms with Gasteiger partial charge < -0.3 is 14.8 Å². The summed E-state index contributed by atoms with van der Waals surface area (Å²) in [5, 5.41) is 1.75. The molecule has 0 aromatic heterocycles. The zero-order chi connectivity index (χ0) is 26.6. The van der Waals surface area contributed by atoms with Crippen LogP contribution in [0.4, 0.5) is 0 Å². The van der Waals surface area contributed by atoms with Crippen molar-refractivity contribution in [2.45, 2.75) is 24.4 Å². The van der Waals surface area contributed by atoms with Crippen molar-refractivity contribution in [3.63, 3.8) is 0 Å². The number of hydrogen-bond acceptors (Lipinski definition) is 6. The van der Waals surface area contributed by atoms with Gasteiger partial charge in [-0.15, -0.1) is 0 Å². The van der Waals surface area contributed by atoms with Gasteiger partial charge in [0.2, 0.25) is 0 Å². The van der Waals surface area contributed by atoms with Gasteiger partial charge >= 0.3 is 5.97 Å². The predicted octanol–water partition coefficient (Wildman–Crippen LogP) is 3.09. The fraction of sp³-hybridized carbons (Fsp3) is 0.207. The van der Waals surface area contributed by atoms with Crippen LogP contribution in [0.2, 0.25) is 0 Å². The molecular weight excluding hydrogens is 504 g/mol. The van der Waals surface area contributed by atoms with E-state index in [2.05, 4.69) is 5.32 Å². The molecule has 194 valence electrons. The molecule has 3 aromatic carbocycles. The molecule has 2 aliphatic heterocycles. The molecule has 9 heteroatoms. The van der Waals surface area contributed by atoms with E-state index in [-0.39, 0.29) is 18.1 Å². The molecule has 0 radical (unpaired) electrons. The molecule has 0 saturated carbocycles. The van der Waals surface area contributed by atoms with E-state index >= 15 is 0 Å². The Morgan fingerprint density at radius 3 is 2.08 bits per heavy atom. The first kappa shape index (κ1) is 25.4. The van der Waals surface area contributed by atoms with Gasteiger partial charge in [0.15, 0.2) is 12.7 Å². The maximum atomic E-state index is 13.5. The van der Waals surface area contributed by atoms with Gasteiger partial charge in [-0.1, -0.05) is 78.9 Å². The quantitative estimate of drug-likeness (QED) is 0.355. The predicted molar refractivity (Wildman–Crippen MR) is 141 cm³/mol.